The molecule has 0 saturated heterocycles. The van der Waals surface area contributed by atoms with Crippen LogP contribution in [0.1, 0.15) is 17.3 Å². The molecule has 0 aliphatic carbocycles. The van der Waals surface area contributed by atoms with Crippen molar-refractivity contribution in [3.8, 4) is 0 Å². The fourth-order valence-corrected chi connectivity index (χ4v) is 1.69. The van der Waals surface area contributed by atoms with Crippen LogP contribution in [0, 0.1) is 0 Å². The monoisotopic (exact) mass is 228 g/mol. The number of amides is 1. The Hall–Kier alpha value is -1.87. The molecule has 0 bridgehead atoms. The third kappa shape index (κ3) is 2.82. The summed E-state index contributed by atoms with van der Waals surface area (Å²) in [5.41, 5.74) is 6.27. The van der Waals surface area contributed by atoms with Gasteiger partial charge >= 0.3 is 0 Å². The van der Waals surface area contributed by atoms with E-state index in [2.05, 4.69) is 5.32 Å². The average Bonchev–Trinajstić information content (AvgIpc) is 2.35. The normalized spacial score (nSPS) is 12.4. The lowest BCUT2D eigenvalue weighted by atomic mass is 10.1. The fourth-order valence-electron chi connectivity index (χ4n) is 1.69. The number of rotatable bonds is 3. The summed E-state index contributed by atoms with van der Waals surface area (Å²) in [4.78, 5) is 11.8. The highest BCUT2D eigenvalue weighted by atomic mass is 16.1. The Bertz CT molecular complexity index is 534. The summed E-state index contributed by atoms with van der Waals surface area (Å²) < 4.78 is 0. The molecule has 2 aromatic rings. The molecule has 0 aliphatic heterocycles. The minimum absolute atomic E-state index is 0.0283. The highest BCUT2D eigenvalue weighted by molar-refractivity contribution is 5.98. The van der Waals surface area contributed by atoms with E-state index >= 15 is 0 Å². The van der Waals surface area contributed by atoms with Crippen LogP contribution in [0.2, 0.25) is 0 Å². The molecule has 0 saturated carbocycles. The standard InChI is InChI=1S/C14H16N2O/c1-10(15)9-16-14(17)13-7-6-11-4-2-3-5-12(11)8-13/h2-8,10H,9,15H2,1H3,(H,16,17). The highest BCUT2D eigenvalue weighted by Gasteiger charge is 2.06. The fraction of sp³-hybridized carbons (Fsp3) is 0.214. The summed E-state index contributed by atoms with van der Waals surface area (Å²) in [5, 5.41) is 5.00. The zero-order valence-electron chi connectivity index (χ0n) is 9.81. The lowest BCUT2D eigenvalue weighted by Gasteiger charge is -2.08. The largest absolute Gasteiger partial charge is 0.350 e. The van der Waals surface area contributed by atoms with E-state index in [1.807, 2.05) is 49.4 Å². The van der Waals surface area contributed by atoms with Crippen molar-refractivity contribution in [2.24, 2.45) is 5.73 Å². The van der Waals surface area contributed by atoms with Gasteiger partial charge in [-0.25, -0.2) is 0 Å². The van der Waals surface area contributed by atoms with Crippen molar-refractivity contribution in [3.05, 3.63) is 48.0 Å². The van der Waals surface area contributed by atoms with Gasteiger partial charge < -0.3 is 11.1 Å². The zero-order valence-corrected chi connectivity index (χ0v) is 9.81. The number of nitrogens with one attached hydrogen (secondary N) is 1. The number of hydrogen-bond acceptors (Lipinski definition) is 2. The minimum Gasteiger partial charge on any atom is -0.350 e. The van der Waals surface area contributed by atoms with Gasteiger partial charge in [0.15, 0.2) is 0 Å². The van der Waals surface area contributed by atoms with Gasteiger partial charge in [0.05, 0.1) is 0 Å². The molecular formula is C14H16N2O. The van der Waals surface area contributed by atoms with Crippen LogP contribution >= 0.6 is 0 Å². The molecule has 2 aromatic carbocycles. The van der Waals surface area contributed by atoms with Crippen molar-refractivity contribution in [1.82, 2.24) is 5.32 Å². The predicted octanol–water partition coefficient (Wildman–Crippen LogP) is 1.92. The highest BCUT2D eigenvalue weighted by Crippen LogP contribution is 2.15. The van der Waals surface area contributed by atoms with Crippen LogP contribution in [-0.4, -0.2) is 18.5 Å². The van der Waals surface area contributed by atoms with Crippen LogP contribution in [0.3, 0.4) is 0 Å². The number of nitrogens with two attached hydrogens (primary N) is 1. The quantitative estimate of drug-likeness (QED) is 0.843. The molecule has 1 amide bonds. The van der Waals surface area contributed by atoms with Crippen LogP contribution in [0.25, 0.3) is 10.8 Å². The van der Waals surface area contributed by atoms with Gasteiger partial charge in [-0.1, -0.05) is 30.3 Å². The molecule has 2 rings (SSSR count). The third-order valence-electron chi connectivity index (χ3n) is 2.60. The Labute approximate surface area is 101 Å². The molecule has 3 heteroatoms. The van der Waals surface area contributed by atoms with Crippen molar-refractivity contribution in [2.75, 3.05) is 6.54 Å². The van der Waals surface area contributed by atoms with Crippen molar-refractivity contribution in [3.63, 3.8) is 0 Å². The SMILES string of the molecule is CC(N)CNC(=O)c1ccc2ccccc2c1. The summed E-state index contributed by atoms with van der Waals surface area (Å²) in [6, 6.07) is 13.6. The third-order valence-corrected chi connectivity index (χ3v) is 2.60. The Kier molecular flexibility index (Phi) is 3.40. The van der Waals surface area contributed by atoms with E-state index in [1.165, 1.54) is 0 Å². The summed E-state index contributed by atoms with van der Waals surface area (Å²) in [6.45, 7) is 2.35. The molecule has 3 N–H and O–H groups in total. The maximum Gasteiger partial charge on any atom is 0.251 e. The number of carbonyl (C=O) groups excluding carboxylic acids is 1. The van der Waals surface area contributed by atoms with Gasteiger partial charge in [0.2, 0.25) is 0 Å². The van der Waals surface area contributed by atoms with Gasteiger partial charge in [0, 0.05) is 18.2 Å². The Balaban J connectivity index is 2.21. The molecule has 88 valence electrons. The molecule has 0 fully saturated rings. The number of carbonyl (C=O) groups is 1. The Morgan fingerprint density at radius 1 is 1.24 bits per heavy atom. The number of benzene rings is 2. The van der Waals surface area contributed by atoms with Gasteiger partial charge in [-0.15, -0.1) is 0 Å². The first-order valence-electron chi connectivity index (χ1n) is 5.69. The van der Waals surface area contributed by atoms with E-state index in [9.17, 15) is 4.79 Å². The van der Waals surface area contributed by atoms with Crippen LogP contribution in [0.5, 0.6) is 0 Å². The Morgan fingerprint density at radius 3 is 2.65 bits per heavy atom. The van der Waals surface area contributed by atoms with Gasteiger partial charge in [0.1, 0.15) is 0 Å². The summed E-state index contributed by atoms with van der Waals surface area (Å²) in [7, 11) is 0. The first-order valence-corrected chi connectivity index (χ1v) is 5.69. The molecule has 17 heavy (non-hydrogen) atoms. The number of fused-ring (bicyclic) bond motifs is 1. The van der Waals surface area contributed by atoms with Crippen LogP contribution in [0.15, 0.2) is 42.5 Å². The second-order valence-corrected chi connectivity index (χ2v) is 4.25. The van der Waals surface area contributed by atoms with E-state index in [-0.39, 0.29) is 11.9 Å². The lowest BCUT2D eigenvalue weighted by Crippen LogP contribution is -2.35. The van der Waals surface area contributed by atoms with E-state index in [1.54, 1.807) is 0 Å². The maximum atomic E-state index is 11.8. The maximum absolute atomic E-state index is 11.8. The summed E-state index contributed by atoms with van der Waals surface area (Å²) in [6.07, 6.45) is 0. The van der Waals surface area contributed by atoms with Crippen LogP contribution < -0.4 is 11.1 Å². The van der Waals surface area contributed by atoms with Crippen LogP contribution in [-0.2, 0) is 0 Å². The van der Waals surface area contributed by atoms with E-state index in [0.717, 1.165) is 10.8 Å². The molecule has 1 unspecified atom stereocenters. The first-order chi connectivity index (χ1) is 8.16. The first kappa shape index (κ1) is 11.6. The van der Waals surface area contributed by atoms with Gasteiger partial charge in [0.25, 0.3) is 5.91 Å². The molecule has 0 aliphatic rings. The molecule has 1 atom stereocenters. The van der Waals surface area contributed by atoms with Crippen LogP contribution in [0.4, 0.5) is 0 Å². The molecule has 0 heterocycles. The average molecular weight is 228 g/mol. The summed E-state index contributed by atoms with van der Waals surface area (Å²) >= 11 is 0. The molecular weight excluding hydrogens is 212 g/mol. The molecule has 0 spiro atoms. The van der Waals surface area contributed by atoms with Gasteiger partial charge in [-0.3, -0.25) is 4.79 Å². The minimum atomic E-state index is -0.0759. The second-order valence-electron chi connectivity index (χ2n) is 4.25. The van der Waals surface area contributed by atoms with Crippen molar-refractivity contribution < 1.29 is 4.79 Å². The number of hydrogen-bond donors (Lipinski definition) is 2. The Morgan fingerprint density at radius 2 is 1.94 bits per heavy atom. The van der Waals surface area contributed by atoms with E-state index < -0.39 is 0 Å². The van der Waals surface area contributed by atoms with Crippen molar-refractivity contribution >= 4 is 16.7 Å². The van der Waals surface area contributed by atoms with Gasteiger partial charge in [-0.05, 0) is 29.8 Å². The lowest BCUT2D eigenvalue weighted by molar-refractivity contribution is 0.0952. The topological polar surface area (TPSA) is 55.1 Å². The van der Waals surface area contributed by atoms with E-state index in [4.69, 9.17) is 5.73 Å². The molecule has 0 aromatic heterocycles. The van der Waals surface area contributed by atoms with Gasteiger partial charge in [-0.2, -0.15) is 0 Å². The van der Waals surface area contributed by atoms with Crippen molar-refractivity contribution in [2.45, 2.75) is 13.0 Å². The van der Waals surface area contributed by atoms with Crippen molar-refractivity contribution in [1.29, 1.82) is 0 Å². The smallest absolute Gasteiger partial charge is 0.251 e. The zero-order chi connectivity index (χ0) is 12.3. The predicted molar refractivity (Wildman–Crippen MR) is 69.9 cm³/mol. The summed E-state index contributed by atoms with van der Waals surface area (Å²) in [5.74, 6) is -0.0759. The van der Waals surface area contributed by atoms with E-state index in [0.29, 0.717) is 12.1 Å². The molecule has 3 nitrogen and oxygen atoms in total. The molecule has 0 radical (unpaired) electrons. The second kappa shape index (κ2) is 4.97.